The highest BCUT2D eigenvalue weighted by Gasteiger charge is 2.19. The smallest absolute Gasteiger partial charge is 0.262 e. The van der Waals surface area contributed by atoms with Gasteiger partial charge in [0.2, 0.25) is 0 Å². The molecule has 9 heteroatoms. The zero-order chi connectivity index (χ0) is 24.0. The van der Waals surface area contributed by atoms with Crippen molar-refractivity contribution >= 4 is 56.6 Å². The van der Waals surface area contributed by atoms with E-state index in [2.05, 4.69) is 10.0 Å². The van der Waals surface area contributed by atoms with E-state index < -0.39 is 10.0 Å². The van der Waals surface area contributed by atoms with E-state index in [4.69, 9.17) is 23.2 Å². The van der Waals surface area contributed by atoms with Crippen LogP contribution in [0, 0.1) is 13.8 Å². The summed E-state index contributed by atoms with van der Waals surface area (Å²) in [6.07, 6.45) is 0. The molecule has 0 saturated heterocycles. The van der Waals surface area contributed by atoms with E-state index in [1.54, 1.807) is 61.2 Å². The molecule has 0 heterocycles. The molecule has 3 rings (SSSR count). The molecule has 0 aliphatic carbocycles. The van der Waals surface area contributed by atoms with Gasteiger partial charge in [-0.25, -0.2) is 8.42 Å². The molecule has 3 aromatic carbocycles. The van der Waals surface area contributed by atoms with Crippen molar-refractivity contribution < 1.29 is 13.2 Å². The number of carbonyl (C=O) groups excluding carboxylic acids is 1. The Morgan fingerprint density at radius 1 is 0.970 bits per heavy atom. The molecule has 3 aromatic rings. The van der Waals surface area contributed by atoms with Crippen molar-refractivity contribution in [2.45, 2.75) is 24.5 Å². The second-order valence-corrected chi connectivity index (χ2v) is 11.0. The van der Waals surface area contributed by atoms with Crippen molar-refractivity contribution in [1.82, 2.24) is 5.32 Å². The first-order valence-corrected chi connectivity index (χ1v) is 13.6. The average Bonchev–Trinajstić information content (AvgIpc) is 2.76. The van der Waals surface area contributed by atoms with Crippen LogP contribution in [0.4, 0.5) is 5.69 Å². The number of halogens is 2. The highest BCUT2D eigenvalue weighted by Crippen LogP contribution is 2.28. The summed E-state index contributed by atoms with van der Waals surface area (Å²) >= 11 is 13.9. The van der Waals surface area contributed by atoms with Gasteiger partial charge in [-0.15, -0.1) is 0 Å². The van der Waals surface area contributed by atoms with Crippen LogP contribution in [-0.4, -0.2) is 26.6 Å². The topological polar surface area (TPSA) is 75.3 Å². The molecule has 1 amide bonds. The number of hydrogen-bond donors (Lipinski definition) is 2. The molecule has 0 atom stereocenters. The number of nitrogens with one attached hydrogen (secondary N) is 2. The van der Waals surface area contributed by atoms with E-state index in [0.717, 1.165) is 11.1 Å². The molecule has 0 saturated carbocycles. The zero-order valence-corrected chi connectivity index (χ0v) is 21.3. The van der Waals surface area contributed by atoms with Gasteiger partial charge in [-0.3, -0.25) is 9.52 Å². The van der Waals surface area contributed by atoms with E-state index in [9.17, 15) is 13.2 Å². The first-order chi connectivity index (χ1) is 15.7. The minimum atomic E-state index is -3.84. The largest absolute Gasteiger partial charge is 0.351 e. The molecule has 0 aliphatic heterocycles. The molecule has 5 nitrogen and oxygen atoms in total. The normalized spacial score (nSPS) is 11.3. The SMILES string of the molecule is Cc1ccc(NS(=O)(=O)c2cc(C(=O)NCCSCc3c(Cl)cccc3Cl)ccc2C)cc1. The summed E-state index contributed by atoms with van der Waals surface area (Å²) in [5, 5.41) is 4.06. The monoisotopic (exact) mass is 522 g/mol. The Kier molecular flexibility index (Phi) is 8.70. The zero-order valence-electron chi connectivity index (χ0n) is 18.2. The van der Waals surface area contributed by atoms with Crippen LogP contribution in [0.5, 0.6) is 0 Å². The molecule has 0 fully saturated rings. The van der Waals surface area contributed by atoms with E-state index in [1.807, 2.05) is 19.1 Å². The molecule has 0 unspecified atom stereocenters. The molecular formula is C24H24Cl2N2O3S2. The Balaban J connectivity index is 1.60. The summed E-state index contributed by atoms with van der Waals surface area (Å²) in [5.74, 6) is 0.948. The Labute approximate surface area is 208 Å². The predicted octanol–water partition coefficient (Wildman–Crippen LogP) is 6.07. The Hall–Kier alpha value is -2.19. The Bertz CT molecular complexity index is 1230. The lowest BCUT2D eigenvalue weighted by Gasteiger charge is -2.12. The lowest BCUT2D eigenvalue weighted by atomic mass is 10.1. The van der Waals surface area contributed by atoms with Gasteiger partial charge in [0.25, 0.3) is 15.9 Å². The maximum absolute atomic E-state index is 12.9. The van der Waals surface area contributed by atoms with Gasteiger partial charge in [0.1, 0.15) is 0 Å². The van der Waals surface area contributed by atoms with Crippen molar-refractivity contribution in [3.63, 3.8) is 0 Å². The molecule has 0 bridgehead atoms. The van der Waals surface area contributed by atoms with Gasteiger partial charge in [-0.1, -0.05) is 53.0 Å². The Morgan fingerprint density at radius 3 is 2.30 bits per heavy atom. The third kappa shape index (κ3) is 6.90. The van der Waals surface area contributed by atoms with Gasteiger partial charge in [0.05, 0.1) is 4.90 Å². The van der Waals surface area contributed by atoms with E-state index in [1.165, 1.54) is 6.07 Å². The maximum Gasteiger partial charge on any atom is 0.262 e. The number of aryl methyl sites for hydroxylation is 2. The number of anilines is 1. The van der Waals surface area contributed by atoms with E-state index in [-0.39, 0.29) is 16.4 Å². The molecule has 0 spiro atoms. The lowest BCUT2D eigenvalue weighted by molar-refractivity contribution is 0.0956. The second-order valence-electron chi connectivity index (χ2n) is 7.46. The summed E-state index contributed by atoms with van der Waals surface area (Å²) in [5.41, 5.74) is 3.19. The molecule has 2 N–H and O–H groups in total. The molecule has 0 aromatic heterocycles. The standard InChI is InChI=1S/C24H24Cl2N2O3S2/c1-16-6-10-19(11-7-16)28-33(30,31)23-14-18(9-8-17(23)2)24(29)27-12-13-32-15-20-21(25)4-3-5-22(20)26/h3-11,14,28H,12-13,15H2,1-2H3,(H,27,29). The lowest BCUT2D eigenvalue weighted by Crippen LogP contribution is -2.26. The van der Waals surface area contributed by atoms with Crippen molar-refractivity contribution in [1.29, 1.82) is 0 Å². The summed E-state index contributed by atoms with van der Waals surface area (Å²) in [6, 6.07) is 17.1. The molecule has 0 aliphatic rings. The second kappa shape index (κ2) is 11.3. The quantitative estimate of drug-likeness (QED) is 0.334. The van der Waals surface area contributed by atoms with Gasteiger partial charge in [-0.05, 0) is 61.4 Å². The van der Waals surface area contributed by atoms with Crippen LogP contribution in [0.15, 0.2) is 65.6 Å². The fraction of sp³-hybridized carbons (Fsp3) is 0.208. The summed E-state index contributed by atoms with van der Waals surface area (Å²) in [4.78, 5) is 12.7. The van der Waals surface area contributed by atoms with Gasteiger partial charge in [0.15, 0.2) is 0 Å². The number of carbonyl (C=O) groups is 1. The van der Waals surface area contributed by atoms with Crippen LogP contribution in [0.1, 0.15) is 27.0 Å². The first kappa shape index (κ1) is 25.4. The van der Waals surface area contributed by atoms with E-state index >= 15 is 0 Å². The summed E-state index contributed by atoms with van der Waals surface area (Å²) in [6.45, 7) is 4.04. The van der Waals surface area contributed by atoms with Crippen molar-refractivity contribution in [3.05, 3.63) is 93.0 Å². The highest BCUT2D eigenvalue weighted by molar-refractivity contribution is 7.98. The van der Waals surface area contributed by atoms with Crippen LogP contribution >= 0.6 is 35.0 Å². The summed E-state index contributed by atoms with van der Waals surface area (Å²) < 4.78 is 28.4. The van der Waals surface area contributed by atoms with E-state index in [0.29, 0.717) is 39.3 Å². The van der Waals surface area contributed by atoms with Gasteiger partial charge >= 0.3 is 0 Å². The van der Waals surface area contributed by atoms with Crippen LogP contribution in [0.2, 0.25) is 10.0 Å². The molecule has 174 valence electrons. The fourth-order valence-corrected chi connectivity index (χ4v) is 5.97. The molecule has 0 radical (unpaired) electrons. The minimum absolute atomic E-state index is 0.0680. The van der Waals surface area contributed by atoms with Crippen molar-refractivity contribution in [3.8, 4) is 0 Å². The minimum Gasteiger partial charge on any atom is -0.351 e. The van der Waals surface area contributed by atoms with Crippen LogP contribution in [0.25, 0.3) is 0 Å². The third-order valence-corrected chi connectivity index (χ3v) is 8.10. The van der Waals surface area contributed by atoms with Gasteiger partial charge < -0.3 is 5.32 Å². The van der Waals surface area contributed by atoms with Crippen molar-refractivity contribution in [2.24, 2.45) is 0 Å². The highest BCUT2D eigenvalue weighted by atomic mass is 35.5. The van der Waals surface area contributed by atoms with Crippen LogP contribution in [0.3, 0.4) is 0 Å². The maximum atomic E-state index is 12.9. The van der Waals surface area contributed by atoms with Gasteiger partial charge in [-0.2, -0.15) is 11.8 Å². The number of benzene rings is 3. The first-order valence-electron chi connectivity index (χ1n) is 10.2. The number of rotatable bonds is 9. The third-order valence-electron chi connectivity index (χ3n) is 4.88. The average molecular weight is 524 g/mol. The number of sulfonamides is 1. The molecule has 33 heavy (non-hydrogen) atoms. The number of hydrogen-bond acceptors (Lipinski definition) is 4. The molecular weight excluding hydrogens is 499 g/mol. The van der Waals surface area contributed by atoms with Crippen LogP contribution in [-0.2, 0) is 15.8 Å². The predicted molar refractivity (Wildman–Crippen MR) is 138 cm³/mol. The van der Waals surface area contributed by atoms with Gasteiger partial charge in [0, 0.05) is 39.3 Å². The number of thioether (sulfide) groups is 1. The van der Waals surface area contributed by atoms with Crippen LogP contribution < -0.4 is 10.0 Å². The number of amides is 1. The summed E-state index contributed by atoms with van der Waals surface area (Å²) in [7, 11) is -3.84. The Morgan fingerprint density at radius 2 is 1.64 bits per heavy atom. The van der Waals surface area contributed by atoms with Crippen molar-refractivity contribution in [2.75, 3.05) is 17.0 Å². The fourth-order valence-electron chi connectivity index (χ4n) is 3.05.